The number of fused-ring (bicyclic) bond motifs is 5. The molecule has 27 heavy (non-hydrogen) atoms. The van der Waals surface area contributed by atoms with Crippen molar-refractivity contribution < 1.29 is 19.1 Å². The third-order valence-corrected chi connectivity index (χ3v) is 7.39. The molecular formula is C23H26O4. The molecule has 0 amide bonds. The average Bonchev–Trinajstić information content (AvgIpc) is 2.97. The first kappa shape index (κ1) is 18.1. The van der Waals surface area contributed by atoms with Crippen molar-refractivity contribution in [2.75, 3.05) is 0 Å². The fraction of sp³-hybridized carbons (Fsp3) is 0.522. The van der Waals surface area contributed by atoms with Crippen LogP contribution in [0.5, 0.6) is 0 Å². The van der Waals surface area contributed by atoms with E-state index in [0.29, 0.717) is 18.1 Å². The summed E-state index contributed by atoms with van der Waals surface area (Å²) in [6.07, 6.45) is 13.2. The summed E-state index contributed by atoms with van der Waals surface area (Å²) in [5.41, 5.74) is 3.34. The van der Waals surface area contributed by atoms with Crippen molar-refractivity contribution >= 4 is 18.0 Å². The fourth-order valence-electron chi connectivity index (χ4n) is 6.06. The molecular weight excluding hydrogens is 340 g/mol. The molecule has 0 aliphatic heterocycles. The number of aldehydes is 1. The highest BCUT2D eigenvalue weighted by atomic mass is 16.5. The summed E-state index contributed by atoms with van der Waals surface area (Å²) < 4.78 is 5.25. The minimum Gasteiger partial charge on any atom is -0.423 e. The van der Waals surface area contributed by atoms with Crippen molar-refractivity contribution in [2.24, 2.45) is 22.7 Å². The van der Waals surface area contributed by atoms with Gasteiger partial charge < -0.3 is 4.74 Å². The van der Waals surface area contributed by atoms with Crippen LogP contribution in [0, 0.1) is 22.7 Å². The van der Waals surface area contributed by atoms with Gasteiger partial charge in [0.15, 0.2) is 17.8 Å². The largest absolute Gasteiger partial charge is 0.423 e. The molecule has 0 heterocycles. The molecule has 0 saturated heterocycles. The summed E-state index contributed by atoms with van der Waals surface area (Å²) in [5.74, 6) is 0.731. The molecule has 4 aliphatic rings. The van der Waals surface area contributed by atoms with E-state index >= 15 is 0 Å². The van der Waals surface area contributed by atoms with Gasteiger partial charge in [-0.05, 0) is 74.0 Å². The number of ether oxygens (including phenoxy) is 1. The molecule has 2 fully saturated rings. The predicted molar refractivity (Wildman–Crippen MR) is 101 cm³/mol. The Kier molecular flexibility index (Phi) is 4.13. The van der Waals surface area contributed by atoms with Gasteiger partial charge in [-0.1, -0.05) is 30.2 Å². The number of allylic oxidation sites excluding steroid dienone is 8. The number of hydrogen-bond acceptors (Lipinski definition) is 4. The van der Waals surface area contributed by atoms with Crippen LogP contribution in [0.4, 0.5) is 0 Å². The Bertz CT molecular complexity index is 856. The monoisotopic (exact) mass is 366 g/mol. The lowest BCUT2D eigenvalue weighted by Crippen LogP contribution is -2.42. The Morgan fingerprint density at radius 3 is 2.74 bits per heavy atom. The second kappa shape index (κ2) is 6.15. The number of carbonyl (C=O) groups is 3. The van der Waals surface area contributed by atoms with Crippen LogP contribution < -0.4 is 0 Å². The number of esters is 1. The lowest BCUT2D eigenvalue weighted by atomic mass is 9.53. The van der Waals surface area contributed by atoms with Gasteiger partial charge >= 0.3 is 5.97 Å². The van der Waals surface area contributed by atoms with Crippen molar-refractivity contribution in [3.05, 3.63) is 46.8 Å². The second-order valence-corrected chi connectivity index (χ2v) is 8.73. The highest BCUT2D eigenvalue weighted by Gasteiger charge is 2.54. The van der Waals surface area contributed by atoms with Crippen molar-refractivity contribution in [1.29, 1.82) is 0 Å². The van der Waals surface area contributed by atoms with E-state index in [1.165, 1.54) is 18.1 Å². The van der Waals surface area contributed by atoms with Crippen LogP contribution in [0.15, 0.2) is 46.8 Å². The quantitative estimate of drug-likeness (QED) is 0.241. The number of ketones is 1. The number of rotatable bonds is 2. The summed E-state index contributed by atoms with van der Waals surface area (Å²) in [4.78, 5) is 34.8. The third kappa shape index (κ3) is 2.60. The van der Waals surface area contributed by atoms with Crippen molar-refractivity contribution in [3.63, 3.8) is 0 Å². The third-order valence-electron chi connectivity index (χ3n) is 7.39. The van der Waals surface area contributed by atoms with Gasteiger partial charge in [-0.2, -0.15) is 0 Å². The predicted octanol–water partition coefficient (Wildman–Crippen LogP) is 4.23. The number of hydrogen-bond donors (Lipinski definition) is 0. The summed E-state index contributed by atoms with van der Waals surface area (Å²) in [6, 6.07) is 0. The van der Waals surface area contributed by atoms with Crippen LogP contribution in [0.25, 0.3) is 0 Å². The van der Waals surface area contributed by atoms with E-state index in [4.69, 9.17) is 4.74 Å². The topological polar surface area (TPSA) is 60.4 Å². The minimum absolute atomic E-state index is 0.0882. The van der Waals surface area contributed by atoms with Crippen LogP contribution in [0.1, 0.15) is 52.9 Å². The Morgan fingerprint density at radius 2 is 2.04 bits per heavy atom. The first-order valence-corrected chi connectivity index (χ1v) is 9.81. The van der Waals surface area contributed by atoms with E-state index < -0.39 is 5.97 Å². The standard InChI is InChI=1S/C23H26O4/c1-14(25)27-21(13-24)20-7-6-18-17-5-4-15-12-16(26)8-10-22(15,2)19(17)9-11-23(18,20)3/h8-10,12-13,17-18H,4-7,11H2,1-3H3/t17-,18-,22-,23-/m0/s1. The Balaban J connectivity index is 1.75. The molecule has 4 atom stereocenters. The van der Waals surface area contributed by atoms with E-state index in [2.05, 4.69) is 26.0 Å². The van der Waals surface area contributed by atoms with Gasteiger partial charge in [-0.25, -0.2) is 0 Å². The van der Waals surface area contributed by atoms with Gasteiger partial charge in [0.25, 0.3) is 0 Å². The zero-order valence-corrected chi connectivity index (χ0v) is 16.2. The van der Waals surface area contributed by atoms with Gasteiger partial charge in [0.05, 0.1) is 0 Å². The highest BCUT2D eigenvalue weighted by molar-refractivity contribution is 6.01. The van der Waals surface area contributed by atoms with E-state index in [9.17, 15) is 14.4 Å². The average molecular weight is 366 g/mol. The SMILES string of the molecule is CC(=O)OC(C=O)=C1CC[C@H]2[C@@H]3CCC4=CC(=O)C=C[C@]4(C)C3=CC[C@]12C. The van der Waals surface area contributed by atoms with Crippen molar-refractivity contribution in [2.45, 2.75) is 52.9 Å². The molecule has 2 saturated carbocycles. The van der Waals surface area contributed by atoms with Crippen LogP contribution in [0.3, 0.4) is 0 Å². The molecule has 0 bridgehead atoms. The van der Waals surface area contributed by atoms with Crippen molar-refractivity contribution in [1.82, 2.24) is 0 Å². The maximum Gasteiger partial charge on any atom is 0.308 e. The maximum atomic E-state index is 11.8. The van der Waals surface area contributed by atoms with E-state index in [0.717, 1.165) is 37.7 Å². The van der Waals surface area contributed by atoms with Gasteiger partial charge in [0.1, 0.15) is 0 Å². The molecule has 4 aliphatic carbocycles. The fourth-order valence-corrected chi connectivity index (χ4v) is 6.06. The highest BCUT2D eigenvalue weighted by Crippen LogP contribution is 2.64. The maximum absolute atomic E-state index is 11.8. The molecule has 4 nitrogen and oxygen atoms in total. The lowest BCUT2D eigenvalue weighted by molar-refractivity contribution is -0.138. The summed E-state index contributed by atoms with van der Waals surface area (Å²) in [6.45, 7) is 5.78. The zero-order valence-electron chi connectivity index (χ0n) is 16.2. The molecule has 0 aromatic rings. The van der Waals surface area contributed by atoms with Crippen molar-refractivity contribution in [3.8, 4) is 0 Å². The van der Waals surface area contributed by atoms with Crippen LogP contribution >= 0.6 is 0 Å². The molecule has 0 N–H and O–H groups in total. The summed E-state index contributed by atoms with van der Waals surface area (Å²) in [7, 11) is 0. The van der Waals surface area contributed by atoms with Gasteiger partial charge in [0.2, 0.25) is 0 Å². The van der Waals surface area contributed by atoms with Crippen LogP contribution in [0.2, 0.25) is 0 Å². The molecule has 4 heteroatoms. The van der Waals surface area contributed by atoms with E-state index in [1.807, 2.05) is 6.08 Å². The smallest absolute Gasteiger partial charge is 0.308 e. The van der Waals surface area contributed by atoms with Crippen LogP contribution in [-0.2, 0) is 19.1 Å². The van der Waals surface area contributed by atoms with E-state index in [1.54, 1.807) is 6.08 Å². The van der Waals surface area contributed by atoms with E-state index in [-0.39, 0.29) is 22.4 Å². The molecule has 0 radical (unpaired) electrons. The first-order valence-electron chi connectivity index (χ1n) is 9.81. The molecule has 142 valence electrons. The lowest BCUT2D eigenvalue weighted by Gasteiger charge is -2.51. The summed E-state index contributed by atoms with van der Waals surface area (Å²) in [5, 5.41) is 0. The second-order valence-electron chi connectivity index (χ2n) is 8.73. The molecule has 0 unspecified atom stereocenters. The van der Waals surface area contributed by atoms with Gasteiger partial charge in [0, 0.05) is 12.3 Å². The number of carbonyl (C=O) groups excluding carboxylic acids is 3. The molecule has 0 spiro atoms. The molecule has 0 aromatic carbocycles. The van der Waals surface area contributed by atoms with Crippen LogP contribution in [-0.4, -0.2) is 18.0 Å². The Morgan fingerprint density at radius 1 is 1.26 bits per heavy atom. The normalized spacial score (nSPS) is 38.9. The first-order chi connectivity index (χ1) is 12.8. The minimum atomic E-state index is -0.444. The zero-order chi connectivity index (χ0) is 19.4. The van der Waals surface area contributed by atoms with Gasteiger partial charge in [-0.3, -0.25) is 14.4 Å². The molecule has 4 rings (SSSR count). The molecule has 0 aromatic heterocycles. The summed E-state index contributed by atoms with van der Waals surface area (Å²) >= 11 is 0. The Labute approximate surface area is 160 Å². The Hall–Kier alpha value is -2.23. The van der Waals surface area contributed by atoms with Gasteiger partial charge in [-0.15, -0.1) is 0 Å².